The molecule has 0 aromatic heterocycles. The van der Waals surface area contributed by atoms with E-state index < -0.39 is 12.2 Å². The van der Waals surface area contributed by atoms with Gasteiger partial charge in [-0.3, -0.25) is 0 Å². The molecule has 1 rings (SSSR count). The standard InChI is InChI=1S/C7H13NO2/c8-4-5-2-1-3-6(9)7(5)10/h4-10H,1-3H2. The topological polar surface area (TPSA) is 64.3 Å². The molecule has 58 valence electrons. The summed E-state index contributed by atoms with van der Waals surface area (Å²) in [5, 5.41) is 25.3. The fourth-order valence-corrected chi connectivity index (χ4v) is 1.37. The molecule has 0 aromatic carbocycles. The number of nitrogens with one attached hydrogen (secondary N) is 1. The zero-order valence-corrected chi connectivity index (χ0v) is 5.83. The molecule has 1 aliphatic carbocycles. The minimum atomic E-state index is -0.703. The highest BCUT2D eigenvalue weighted by molar-refractivity contribution is 5.58. The molecule has 0 bridgehead atoms. The molecule has 10 heavy (non-hydrogen) atoms. The van der Waals surface area contributed by atoms with E-state index >= 15 is 0 Å². The summed E-state index contributed by atoms with van der Waals surface area (Å²) >= 11 is 0. The third kappa shape index (κ3) is 1.36. The van der Waals surface area contributed by atoms with Crippen molar-refractivity contribution < 1.29 is 10.2 Å². The number of hydrogen-bond donors (Lipinski definition) is 3. The highest BCUT2D eigenvalue weighted by atomic mass is 16.3. The normalized spacial score (nSPS) is 41.2. The molecular weight excluding hydrogens is 130 g/mol. The van der Waals surface area contributed by atoms with E-state index in [0.717, 1.165) is 12.8 Å². The van der Waals surface area contributed by atoms with Gasteiger partial charge < -0.3 is 15.6 Å². The molecule has 0 radical (unpaired) electrons. The highest BCUT2D eigenvalue weighted by Crippen LogP contribution is 2.22. The van der Waals surface area contributed by atoms with Gasteiger partial charge in [-0.15, -0.1) is 0 Å². The van der Waals surface area contributed by atoms with Crippen LogP contribution in [0, 0.1) is 11.3 Å². The van der Waals surface area contributed by atoms with E-state index in [1.807, 2.05) is 0 Å². The Labute approximate surface area is 60.2 Å². The number of aliphatic hydroxyl groups is 2. The zero-order valence-electron chi connectivity index (χ0n) is 5.83. The monoisotopic (exact) mass is 143 g/mol. The summed E-state index contributed by atoms with van der Waals surface area (Å²) in [4.78, 5) is 0. The van der Waals surface area contributed by atoms with Crippen LogP contribution in [0.25, 0.3) is 0 Å². The molecule has 0 aliphatic heterocycles. The minimum Gasteiger partial charge on any atom is -0.390 e. The maximum absolute atomic E-state index is 9.24. The highest BCUT2D eigenvalue weighted by Gasteiger charge is 2.28. The average molecular weight is 143 g/mol. The molecule has 1 saturated carbocycles. The molecule has 3 nitrogen and oxygen atoms in total. The van der Waals surface area contributed by atoms with E-state index in [-0.39, 0.29) is 5.92 Å². The van der Waals surface area contributed by atoms with Gasteiger partial charge in [-0.1, -0.05) is 6.42 Å². The Balaban J connectivity index is 2.50. The lowest BCUT2D eigenvalue weighted by Crippen LogP contribution is -2.37. The van der Waals surface area contributed by atoms with Crippen LogP contribution in [0.5, 0.6) is 0 Å². The van der Waals surface area contributed by atoms with E-state index in [1.165, 1.54) is 6.21 Å². The van der Waals surface area contributed by atoms with Crippen LogP contribution in [0.15, 0.2) is 0 Å². The van der Waals surface area contributed by atoms with Gasteiger partial charge in [0.2, 0.25) is 0 Å². The Morgan fingerprint density at radius 3 is 2.50 bits per heavy atom. The van der Waals surface area contributed by atoms with Crippen molar-refractivity contribution in [2.45, 2.75) is 31.5 Å². The van der Waals surface area contributed by atoms with E-state index in [4.69, 9.17) is 10.5 Å². The molecule has 0 amide bonds. The number of rotatable bonds is 1. The van der Waals surface area contributed by atoms with E-state index in [0.29, 0.717) is 6.42 Å². The van der Waals surface area contributed by atoms with Crippen LogP contribution in [0.2, 0.25) is 0 Å². The molecule has 1 fully saturated rings. The van der Waals surface area contributed by atoms with Crippen LogP contribution in [0.1, 0.15) is 19.3 Å². The molecular formula is C7H13NO2. The van der Waals surface area contributed by atoms with Crippen molar-refractivity contribution in [1.82, 2.24) is 0 Å². The third-order valence-electron chi connectivity index (χ3n) is 2.08. The molecule has 0 saturated heterocycles. The Kier molecular flexibility index (Phi) is 2.40. The van der Waals surface area contributed by atoms with Crippen LogP contribution >= 0.6 is 0 Å². The summed E-state index contributed by atoms with van der Waals surface area (Å²) < 4.78 is 0. The van der Waals surface area contributed by atoms with Crippen LogP contribution in [0.4, 0.5) is 0 Å². The predicted molar refractivity (Wildman–Crippen MR) is 38.1 cm³/mol. The predicted octanol–water partition coefficient (Wildman–Crippen LogP) is 0.158. The van der Waals surface area contributed by atoms with Gasteiger partial charge in [0.05, 0.1) is 12.2 Å². The second-order valence-corrected chi connectivity index (χ2v) is 2.82. The van der Waals surface area contributed by atoms with Gasteiger partial charge in [-0.25, -0.2) is 0 Å². The average Bonchev–Trinajstić information content (AvgIpc) is 1.95. The van der Waals surface area contributed by atoms with Crippen molar-refractivity contribution >= 4 is 6.21 Å². The van der Waals surface area contributed by atoms with Crippen LogP contribution in [0.3, 0.4) is 0 Å². The molecule has 3 heteroatoms. The lowest BCUT2D eigenvalue weighted by atomic mass is 9.85. The van der Waals surface area contributed by atoms with Crippen molar-refractivity contribution in [1.29, 1.82) is 5.41 Å². The van der Waals surface area contributed by atoms with Gasteiger partial charge in [-0.2, -0.15) is 0 Å². The molecule has 3 N–H and O–H groups in total. The van der Waals surface area contributed by atoms with Gasteiger partial charge in [0.15, 0.2) is 0 Å². The SMILES string of the molecule is N=CC1CCCC(O)C1O. The van der Waals surface area contributed by atoms with Crippen molar-refractivity contribution in [2.75, 3.05) is 0 Å². The summed E-state index contributed by atoms with van der Waals surface area (Å²) in [6.45, 7) is 0. The maximum atomic E-state index is 9.24. The third-order valence-corrected chi connectivity index (χ3v) is 2.08. The lowest BCUT2D eigenvalue weighted by Gasteiger charge is -2.28. The Hall–Kier alpha value is -0.410. The van der Waals surface area contributed by atoms with Crippen molar-refractivity contribution in [3.63, 3.8) is 0 Å². The fraction of sp³-hybridized carbons (Fsp3) is 0.857. The fourth-order valence-electron chi connectivity index (χ4n) is 1.37. The van der Waals surface area contributed by atoms with Crippen LogP contribution < -0.4 is 0 Å². The van der Waals surface area contributed by atoms with Crippen LogP contribution in [-0.4, -0.2) is 28.6 Å². The van der Waals surface area contributed by atoms with Crippen LogP contribution in [-0.2, 0) is 0 Å². The van der Waals surface area contributed by atoms with E-state index in [1.54, 1.807) is 0 Å². The Morgan fingerprint density at radius 2 is 2.00 bits per heavy atom. The summed E-state index contributed by atoms with van der Waals surface area (Å²) in [6, 6.07) is 0. The Bertz CT molecular complexity index is 127. The molecule has 3 atom stereocenters. The van der Waals surface area contributed by atoms with Crippen molar-refractivity contribution in [3.8, 4) is 0 Å². The summed E-state index contributed by atoms with van der Waals surface area (Å²) in [7, 11) is 0. The molecule has 0 aromatic rings. The van der Waals surface area contributed by atoms with Crippen molar-refractivity contribution in [2.24, 2.45) is 5.92 Å². The minimum absolute atomic E-state index is 0.122. The largest absolute Gasteiger partial charge is 0.390 e. The lowest BCUT2D eigenvalue weighted by molar-refractivity contribution is -0.0252. The second kappa shape index (κ2) is 3.12. The Morgan fingerprint density at radius 1 is 1.30 bits per heavy atom. The summed E-state index contributed by atoms with van der Waals surface area (Å²) in [5.74, 6) is -0.122. The first-order valence-electron chi connectivity index (χ1n) is 3.62. The van der Waals surface area contributed by atoms with Crippen molar-refractivity contribution in [3.05, 3.63) is 0 Å². The van der Waals surface area contributed by atoms with Gasteiger partial charge in [0.25, 0.3) is 0 Å². The first-order valence-corrected chi connectivity index (χ1v) is 3.62. The number of aliphatic hydroxyl groups excluding tert-OH is 2. The summed E-state index contributed by atoms with van der Waals surface area (Å²) in [6.07, 6.45) is 2.34. The molecule has 3 unspecified atom stereocenters. The maximum Gasteiger partial charge on any atom is 0.0876 e. The molecule has 1 aliphatic rings. The summed E-state index contributed by atoms with van der Waals surface area (Å²) in [5.41, 5.74) is 0. The van der Waals surface area contributed by atoms with E-state index in [2.05, 4.69) is 0 Å². The number of hydrogen-bond acceptors (Lipinski definition) is 3. The first-order chi connectivity index (χ1) is 4.75. The second-order valence-electron chi connectivity index (χ2n) is 2.82. The quantitative estimate of drug-likeness (QED) is 0.458. The zero-order chi connectivity index (χ0) is 7.56. The van der Waals surface area contributed by atoms with Gasteiger partial charge in [0, 0.05) is 12.1 Å². The van der Waals surface area contributed by atoms with Gasteiger partial charge >= 0.3 is 0 Å². The molecule has 0 heterocycles. The molecule has 0 spiro atoms. The van der Waals surface area contributed by atoms with Gasteiger partial charge in [-0.05, 0) is 12.8 Å². The van der Waals surface area contributed by atoms with Gasteiger partial charge in [0.1, 0.15) is 0 Å². The smallest absolute Gasteiger partial charge is 0.0876 e. The van der Waals surface area contributed by atoms with E-state index in [9.17, 15) is 5.11 Å². The first kappa shape index (κ1) is 7.69.